The lowest BCUT2D eigenvalue weighted by Gasteiger charge is -2.12. The summed E-state index contributed by atoms with van der Waals surface area (Å²) in [5, 5.41) is 3.85. The maximum Gasteiger partial charge on any atom is 0.267 e. The molecule has 0 fully saturated rings. The molecule has 1 aromatic carbocycles. The first-order valence-corrected chi connectivity index (χ1v) is 6.72. The molecule has 1 aromatic heterocycles. The molecule has 0 radical (unpaired) electrons. The van der Waals surface area contributed by atoms with Crippen molar-refractivity contribution in [2.24, 2.45) is 0 Å². The van der Waals surface area contributed by atoms with Gasteiger partial charge < -0.3 is 5.32 Å². The van der Waals surface area contributed by atoms with E-state index in [1.807, 2.05) is 31.2 Å². The van der Waals surface area contributed by atoms with Crippen LogP contribution in [-0.4, -0.2) is 10.9 Å². The zero-order chi connectivity index (χ0) is 13.1. The molecule has 0 atom stereocenters. The van der Waals surface area contributed by atoms with Crippen molar-refractivity contribution in [1.82, 2.24) is 4.98 Å². The molecule has 4 heteroatoms. The third kappa shape index (κ3) is 2.76. The molecular formula is C14H16N2OS. The first-order valence-electron chi connectivity index (χ1n) is 5.90. The Hall–Kier alpha value is -1.68. The minimum absolute atomic E-state index is 0.0892. The smallest absolute Gasteiger partial charge is 0.267 e. The van der Waals surface area contributed by atoms with Gasteiger partial charge in [-0.3, -0.25) is 4.79 Å². The SMILES string of the molecule is Cc1ncc(C(=O)Nc2ccccc2C(C)C)s1. The van der Waals surface area contributed by atoms with Gasteiger partial charge in [-0.15, -0.1) is 11.3 Å². The standard InChI is InChI=1S/C14H16N2OS/c1-9(2)11-6-4-5-7-12(11)16-14(17)13-8-15-10(3)18-13/h4-9H,1-3H3,(H,16,17). The number of aryl methyl sites for hydroxylation is 1. The fourth-order valence-corrected chi connectivity index (χ4v) is 2.44. The summed E-state index contributed by atoms with van der Waals surface area (Å²) in [6, 6.07) is 7.89. The van der Waals surface area contributed by atoms with E-state index in [9.17, 15) is 4.79 Å². The highest BCUT2D eigenvalue weighted by atomic mass is 32.1. The summed E-state index contributed by atoms with van der Waals surface area (Å²) < 4.78 is 0. The number of thiazole rings is 1. The van der Waals surface area contributed by atoms with Gasteiger partial charge in [-0.1, -0.05) is 32.0 Å². The Labute approximate surface area is 111 Å². The molecule has 1 N–H and O–H groups in total. The number of rotatable bonds is 3. The lowest BCUT2D eigenvalue weighted by molar-refractivity contribution is 0.103. The fourth-order valence-electron chi connectivity index (χ4n) is 1.76. The lowest BCUT2D eigenvalue weighted by Crippen LogP contribution is -2.12. The number of nitrogens with zero attached hydrogens (tertiary/aromatic N) is 1. The highest BCUT2D eigenvalue weighted by Gasteiger charge is 2.12. The highest BCUT2D eigenvalue weighted by Crippen LogP contribution is 2.24. The second-order valence-electron chi connectivity index (χ2n) is 4.44. The van der Waals surface area contributed by atoms with E-state index in [1.54, 1.807) is 6.20 Å². The summed E-state index contributed by atoms with van der Waals surface area (Å²) in [4.78, 5) is 16.8. The minimum Gasteiger partial charge on any atom is -0.321 e. The van der Waals surface area contributed by atoms with E-state index in [0.29, 0.717) is 10.8 Å². The van der Waals surface area contributed by atoms with E-state index < -0.39 is 0 Å². The monoisotopic (exact) mass is 260 g/mol. The number of amides is 1. The Balaban J connectivity index is 2.22. The summed E-state index contributed by atoms with van der Waals surface area (Å²) >= 11 is 1.41. The van der Waals surface area contributed by atoms with Gasteiger partial charge in [-0.25, -0.2) is 4.98 Å². The molecule has 0 bridgehead atoms. The molecule has 0 saturated heterocycles. The summed E-state index contributed by atoms with van der Waals surface area (Å²) in [6.07, 6.45) is 1.62. The number of carbonyl (C=O) groups is 1. The summed E-state index contributed by atoms with van der Waals surface area (Å²) in [7, 11) is 0. The predicted molar refractivity (Wildman–Crippen MR) is 75.3 cm³/mol. The van der Waals surface area contributed by atoms with Crippen LogP contribution >= 0.6 is 11.3 Å². The molecular weight excluding hydrogens is 244 g/mol. The van der Waals surface area contributed by atoms with Gasteiger partial charge in [0, 0.05) is 5.69 Å². The predicted octanol–water partition coefficient (Wildman–Crippen LogP) is 3.83. The van der Waals surface area contributed by atoms with Gasteiger partial charge in [0.15, 0.2) is 0 Å². The van der Waals surface area contributed by atoms with E-state index >= 15 is 0 Å². The van der Waals surface area contributed by atoms with Crippen LogP contribution in [0, 0.1) is 6.92 Å². The second kappa shape index (κ2) is 5.31. The molecule has 0 aliphatic carbocycles. The van der Waals surface area contributed by atoms with Crippen LogP contribution in [-0.2, 0) is 0 Å². The van der Waals surface area contributed by atoms with Gasteiger partial charge in [0.05, 0.1) is 11.2 Å². The van der Waals surface area contributed by atoms with E-state index in [2.05, 4.69) is 24.1 Å². The Kier molecular flexibility index (Phi) is 3.77. The van der Waals surface area contributed by atoms with Gasteiger partial charge in [0.1, 0.15) is 4.88 Å². The Bertz CT molecular complexity index is 560. The zero-order valence-electron chi connectivity index (χ0n) is 10.7. The lowest BCUT2D eigenvalue weighted by atomic mass is 10.0. The molecule has 1 heterocycles. The number of nitrogens with one attached hydrogen (secondary N) is 1. The van der Waals surface area contributed by atoms with Crippen LogP contribution in [0.2, 0.25) is 0 Å². The van der Waals surface area contributed by atoms with E-state index in [4.69, 9.17) is 0 Å². The van der Waals surface area contributed by atoms with Gasteiger partial charge in [-0.05, 0) is 24.5 Å². The van der Waals surface area contributed by atoms with E-state index in [1.165, 1.54) is 11.3 Å². The molecule has 3 nitrogen and oxygen atoms in total. The van der Waals surface area contributed by atoms with Crippen molar-refractivity contribution in [2.45, 2.75) is 26.7 Å². The number of carbonyl (C=O) groups excluding carboxylic acids is 1. The Morgan fingerprint density at radius 1 is 1.33 bits per heavy atom. The van der Waals surface area contributed by atoms with Gasteiger partial charge in [-0.2, -0.15) is 0 Å². The molecule has 94 valence electrons. The van der Waals surface area contributed by atoms with Crippen LogP contribution in [0.25, 0.3) is 0 Å². The van der Waals surface area contributed by atoms with Crippen LogP contribution in [0.15, 0.2) is 30.5 Å². The van der Waals surface area contributed by atoms with Crippen molar-refractivity contribution in [3.8, 4) is 0 Å². The van der Waals surface area contributed by atoms with Crippen molar-refractivity contribution < 1.29 is 4.79 Å². The number of hydrogen-bond acceptors (Lipinski definition) is 3. The fraction of sp³-hybridized carbons (Fsp3) is 0.286. The normalized spacial score (nSPS) is 10.7. The largest absolute Gasteiger partial charge is 0.321 e. The molecule has 2 rings (SSSR count). The summed E-state index contributed by atoms with van der Waals surface area (Å²) in [6.45, 7) is 6.12. The van der Waals surface area contributed by atoms with Crippen LogP contribution in [0.1, 0.15) is 40.0 Å². The highest BCUT2D eigenvalue weighted by molar-refractivity contribution is 7.13. The summed E-state index contributed by atoms with van der Waals surface area (Å²) in [5.74, 6) is 0.290. The van der Waals surface area contributed by atoms with Crippen molar-refractivity contribution >= 4 is 22.9 Å². The minimum atomic E-state index is -0.0892. The van der Waals surface area contributed by atoms with Crippen LogP contribution in [0.5, 0.6) is 0 Å². The Morgan fingerprint density at radius 2 is 2.06 bits per heavy atom. The van der Waals surface area contributed by atoms with Gasteiger partial charge >= 0.3 is 0 Å². The molecule has 0 aliphatic heterocycles. The molecule has 2 aromatic rings. The number of para-hydroxylation sites is 1. The molecule has 18 heavy (non-hydrogen) atoms. The van der Waals surface area contributed by atoms with Crippen molar-refractivity contribution in [2.75, 3.05) is 5.32 Å². The van der Waals surface area contributed by atoms with Crippen molar-refractivity contribution in [3.63, 3.8) is 0 Å². The summed E-state index contributed by atoms with van der Waals surface area (Å²) in [5.41, 5.74) is 2.02. The van der Waals surface area contributed by atoms with Crippen molar-refractivity contribution in [1.29, 1.82) is 0 Å². The number of anilines is 1. The Morgan fingerprint density at radius 3 is 2.67 bits per heavy atom. The molecule has 1 amide bonds. The number of aromatic nitrogens is 1. The van der Waals surface area contributed by atoms with Gasteiger partial charge in [0.2, 0.25) is 0 Å². The second-order valence-corrected chi connectivity index (χ2v) is 5.67. The maximum absolute atomic E-state index is 12.1. The average Bonchev–Trinajstić information content (AvgIpc) is 2.76. The van der Waals surface area contributed by atoms with E-state index in [0.717, 1.165) is 16.3 Å². The third-order valence-electron chi connectivity index (χ3n) is 2.68. The van der Waals surface area contributed by atoms with Crippen LogP contribution in [0.3, 0.4) is 0 Å². The van der Waals surface area contributed by atoms with Gasteiger partial charge in [0.25, 0.3) is 5.91 Å². The first kappa shape index (κ1) is 12.8. The maximum atomic E-state index is 12.1. The third-order valence-corrected chi connectivity index (χ3v) is 3.59. The molecule has 0 unspecified atom stereocenters. The topological polar surface area (TPSA) is 42.0 Å². The zero-order valence-corrected chi connectivity index (χ0v) is 11.5. The first-order chi connectivity index (χ1) is 8.58. The van der Waals surface area contributed by atoms with Crippen LogP contribution < -0.4 is 5.32 Å². The molecule has 0 spiro atoms. The van der Waals surface area contributed by atoms with E-state index in [-0.39, 0.29) is 5.91 Å². The molecule has 0 saturated carbocycles. The molecule has 0 aliphatic rings. The van der Waals surface area contributed by atoms with Crippen molar-refractivity contribution in [3.05, 3.63) is 45.9 Å². The quantitative estimate of drug-likeness (QED) is 0.911. The average molecular weight is 260 g/mol. The number of hydrogen-bond donors (Lipinski definition) is 1. The number of benzene rings is 1. The van der Waals surface area contributed by atoms with Crippen LogP contribution in [0.4, 0.5) is 5.69 Å².